The summed E-state index contributed by atoms with van der Waals surface area (Å²) in [6.07, 6.45) is 0.625. The molecule has 0 unspecified atom stereocenters. The van der Waals surface area contributed by atoms with Gasteiger partial charge in [0.25, 0.3) is 0 Å². The van der Waals surface area contributed by atoms with E-state index in [4.69, 9.17) is 32.8 Å². The fraction of sp³-hybridized carbons (Fsp3) is 0.500. The van der Waals surface area contributed by atoms with Crippen LogP contribution in [0.25, 0.3) is 0 Å². The first kappa shape index (κ1) is 16.5. The van der Waals surface area contributed by atoms with Gasteiger partial charge in [-0.25, -0.2) is 0 Å². The number of rotatable bonds is 6. The van der Waals surface area contributed by atoms with Gasteiger partial charge in [0.15, 0.2) is 5.17 Å². The number of hydrogen-bond donors (Lipinski definition) is 0. The molecule has 0 N–H and O–H groups in total. The maximum Gasteiger partial charge on any atom is 0.177 e. The topological polar surface area (TPSA) is 53.9 Å². The highest BCUT2D eigenvalue weighted by atomic mass is 35.5. The van der Waals surface area contributed by atoms with E-state index >= 15 is 0 Å². The number of morpholine rings is 1. The minimum absolute atomic E-state index is 0.206. The summed E-state index contributed by atoms with van der Waals surface area (Å²) in [5.41, 5.74) is 0.626. The Hall–Kier alpha value is -0.850. The van der Waals surface area contributed by atoms with Crippen molar-refractivity contribution in [1.82, 2.24) is 0 Å². The van der Waals surface area contributed by atoms with Crippen molar-refractivity contribution < 1.29 is 14.2 Å². The maximum atomic E-state index is 12.2. The lowest BCUT2D eigenvalue weighted by atomic mass is 10.2. The minimum Gasteiger partial charge on any atom is -0.633 e. The molecule has 1 aromatic rings. The van der Waals surface area contributed by atoms with E-state index in [1.54, 1.807) is 12.1 Å². The first-order valence-electron chi connectivity index (χ1n) is 6.86. The van der Waals surface area contributed by atoms with Crippen molar-refractivity contribution >= 4 is 28.4 Å². The molecule has 116 valence electrons. The van der Waals surface area contributed by atoms with Gasteiger partial charge in [-0.1, -0.05) is 46.6 Å². The quantitative estimate of drug-likeness (QED) is 0.264. The van der Waals surface area contributed by atoms with Crippen molar-refractivity contribution in [2.75, 3.05) is 39.5 Å². The number of benzene rings is 1. The van der Waals surface area contributed by atoms with E-state index in [1.165, 1.54) is 0 Å². The van der Waals surface area contributed by atoms with Gasteiger partial charge >= 0.3 is 0 Å². The molecule has 0 aliphatic carbocycles. The predicted octanol–water partition coefficient (Wildman–Crippen LogP) is 2.99. The van der Waals surface area contributed by atoms with Crippen LogP contribution in [-0.2, 0) is 9.57 Å². The first-order valence-corrected chi connectivity index (χ1v) is 7.61. The van der Waals surface area contributed by atoms with Crippen LogP contribution in [0, 0.1) is 5.21 Å². The molecule has 1 fully saturated rings. The van der Waals surface area contributed by atoms with Gasteiger partial charge in [0, 0.05) is 12.0 Å². The molecule has 1 aromatic carbocycles. The molecule has 2 rings (SSSR count). The fourth-order valence-corrected chi connectivity index (χ4v) is 2.58. The highest BCUT2D eigenvalue weighted by Gasteiger charge is 2.20. The van der Waals surface area contributed by atoms with Gasteiger partial charge in [0.2, 0.25) is 0 Å². The largest absolute Gasteiger partial charge is 0.633 e. The monoisotopic (exact) mass is 332 g/mol. The summed E-state index contributed by atoms with van der Waals surface area (Å²) in [4.78, 5) is 5.16. The standard InChI is InChI=1S/C14H18Cl2N2O3/c15-13-5-2-1-4-12(13)14(16)17-21-9-3-6-18(19)7-10-20-11-8-18/h1-2,4-5H,3,6-11H2/b17-14-. The molecule has 7 heteroatoms. The number of hydroxylamine groups is 3. The smallest absolute Gasteiger partial charge is 0.177 e. The summed E-state index contributed by atoms with van der Waals surface area (Å²) in [5.74, 6) is 0. The summed E-state index contributed by atoms with van der Waals surface area (Å²) >= 11 is 12.0. The number of hydrogen-bond acceptors (Lipinski definition) is 4. The number of ether oxygens (including phenoxy) is 1. The van der Waals surface area contributed by atoms with Crippen LogP contribution in [0.5, 0.6) is 0 Å². The van der Waals surface area contributed by atoms with Crippen LogP contribution in [0.4, 0.5) is 0 Å². The zero-order chi connectivity index (χ0) is 15.1. The van der Waals surface area contributed by atoms with Crippen molar-refractivity contribution in [1.29, 1.82) is 0 Å². The maximum absolute atomic E-state index is 12.2. The summed E-state index contributed by atoms with van der Waals surface area (Å²) in [6, 6.07) is 7.14. The van der Waals surface area contributed by atoms with Crippen molar-refractivity contribution in [3.8, 4) is 0 Å². The van der Waals surface area contributed by atoms with E-state index in [0.717, 1.165) is 0 Å². The van der Waals surface area contributed by atoms with Crippen LogP contribution in [-0.4, -0.2) is 49.3 Å². The Morgan fingerprint density at radius 2 is 2.05 bits per heavy atom. The van der Waals surface area contributed by atoms with E-state index in [-0.39, 0.29) is 9.82 Å². The zero-order valence-corrected chi connectivity index (χ0v) is 13.1. The van der Waals surface area contributed by atoms with Gasteiger partial charge in [0.1, 0.15) is 19.7 Å². The lowest BCUT2D eigenvalue weighted by Gasteiger charge is -2.45. The Morgan fingerprint density at radius 1 is 1.33 bits per heavy atom. The second-order valence-corrected chi connectivity index (χ2v) is 5.66. The predicted molar refractivity (Wildman–Crippen MR) is 83.5 cm³/mol. The third-order valence-electron chi connectivity index (χ3n) is 3.33. The molecule has 0 spiro atoms. The molecule has 0 saturated carbocycles. The van der Waals surface area contributed by atoms with Crippen molar-refractivity contribution in [2.24, 2.45) is 5.16 Å². The molecule has 0 amide bonds. The average molecular weight is 333 g/mol. The third kappa shape index (κ3) is 5.13. The van der Waals surface area contributed by atoms with Gasteiger partial charge < -0.3 is 19.4 Å². The average Bonchev–Trinajstić information content (AvgIpc) is 2.48. The molecule has 0 atom stereocenters. The molecule has 1 aliphatic rings. The Balaban J connectivity index is 1.74. The Labute approximate surface area is 134 Å². The number of quaternary nitrogens is 1. The van der Waals surface area contributed by atoms with E-state index in [2.05, 4.69) is 5.16 Å². The molecular weight excluding hydrogens is 315 g/mol. The van der Waals surface area contributed by atoms with Gasteiger partial charge in [-0.2, -0.15) is 0 Å². The Bertz CT molecular complexity index is 491. The van der Waals surface area contributed by atoms with Crippen LogP contribution < -0.4 is 0 Å². The minimum atomic E-state index is -0.217. The van der Waals surface area contributed by atoms with E-state index in [9.17, 15) is 5.21 Å². The van der Waals surface area contributed by atoms with Gasteiger partial charge in [-0.3, -0.25) is 0 Å². The fourth-order valence-electron chi connectivity index (χ4n) is 2.10. The Morgan fingerprint density at radius 3 is 2.76 bits per heavy atom. The molecule has 1 heterocycles. The summed E-state index contributed by atoms with van der Waals surface area (Å²) in [7, 11) is 0. The van der Waals surface area contributed by atoms with Crippen LogP contribution in [0.1, 0.15) is 12.0 Å². The second-order valence-electron chi connectivity index (χ2n) is 4.89. The Kier molecular flexibility index (Phi) is 6.26. The molecule has 21 heavy (non-hydrogen) atoms. The van der Waals surface area contributed by atoms with Gasteiger partial charge in [-0.05, 0) is 6.07 Å². The highest BCUT2D eigenvalue weighted by Crippen LogP contribution is 2.18. The van der Waals surface area contributed by atoms with Crippen LogP contribution in [0.2, 0.25) is 5.02 Å². The number of oxime groups is 1. The van der Waals surface area contributed by atoms with Gasteiger partial charge in [0.05, 0.1) is 24.8 Å². The first-order chi connectivity index (χ1) is 10.1. The summed E-state index contributed by atoms with van der Waals surface area (Å²) in [5, 5.41) is 16.8. The summed E-state index contributed by atoms with van der Waals surface area (Å²) < 4.78 is 4.97. The van der Waals surface area contributed by atoms with E-state index < -0.39 is 0 Å². The third-order valence-corrected chi connectivity index (χ3v) is 3.93. The van der Waals surface area contributed by atoms with E-state index in [1.807, 2.05) is 12.1 Å². The number of halogens is 2. The molecule has 1 saturated heterocycles. The molecule has 0 radical (unpaired) electrons. The molecule has 5 nitrogen and oxygen atoms in total. The molecule has 0 aromatic heterocycles. The number of nitrogens with zero attached hydrogens (tertiary/aromatic N) is 2. The van der Waals surface area contributed by atoms with Crippen LogP contribution >= 0.6 is 23.2 Å². The lowest BCUT2D eigenvalue weighted by molar-refractivity contribution is -0.888. The zero-order valence-electron chi connectivity index (χ0n) is 11.6. The van der Waals surface area contributed by atoms with Crippen LogP contribution in [0.15, 0.2) is 29.4 Å². The SMILES string of the molecule is [O-][N+]1(CCCO/N=C(\Cl)c2ccccc2Cl)CCOCC1. The lowest BCUT2D eigenvalue weighted by Crippen LogP contribution is -2.51. The van der Waals surface area contributed by atoms with Crippen molar-refractivity contribution in [3.05, 3.63) is 40.1 Å². The second kappa shape index (κ2) is 7.96. The molecule has 1 aliphatic heterocycles. The summed E-state index contributed by atoms with van der Waals surface area (Å²) in [6.45, 7) is 2.92. The van der Waals surface area contributed by atoms with Crippen molar-refractivity contribution in [3.63, 3.8) is 0 Å². The van der Waals surface area contributed by atoms with Crippen molar-refractivity contribution in [2.45, 2.75) is 6.42 Å². The van der Waals surface area contributed by atoms with Gasteiger partial charge in [-0.15, -0.1) is 0 Å². The highest BCUT2D eigenvalue weighted by molar-refractivity contribution is 6.70. The normalized spacial score (nSPS) is 18.5. The molecular formula is C14H18Cl2N2O3. The van der Waals surface area contributed by atoms with Crippen LogP contribution in [0.3, 0.4) is 0 Å². The van der Waals surface area contributed by atoms with E-state index in [0.29, 0.717) is 56.5 Å². The molecule has 0 bridgehead atoms.